The summed E-state index contributed by atoms with van der Waals surface area (Å²) in [5.74, 6) is 1.09. The zero-order valence-electron chi connectivity index (χ0n) is 13.8. The summed E-state index contributed by atoms with van der Waals surface area (Å²) in [7, 11) is 0. The summed E-state index contributed by atoms with van der Waals surface area (Å²) in [6.45, 7) is 6.03. The Morgan fingerprint density at radius 1 is 1.17 bits per heavy atom. The van der Waals surface area contributed by atoms with Crippen LogP contribution >= 0.6 is 0 Å². The Hall–Kier alpha value is -2.47. The van der Waals surface area contributed by atoms with E-state index in [1.807, 2.05) is 31.2 Å². The molecule has 6 nitrogen and oxygen atoms in total. The van der Waals surface area contributed by atoms with Crippen molar-refractivity contribution in [1.29, 1.82) is 0 Å². The lowest BCUT2D eigenvalue weighted by Gasteiger charge is -2.30. The summed E-state index contributed by atoms with van der Waals surface area (Å²) < 4.78 is 5.50. The van der Waals surface area contributed by atoms with Gasteiger partial charge in [0, 0.05) is 10.8 Å². The number of aryl methyl sites for hydroxylation is 1. The highest BCUT2D eigenvalue weighted by Crippen LogP contribution is 2.32. The molecule has 0 spiro atoms. The van der Waals surface area contributed by atoms with Gasteiger partial charge in [-0.25, -0.2) is 0 Å². The van der Waals surface area contributed by atoms with Gasteiger partial charge in [-0.1, -0.05) is 30.3 Å². The molecule has 1 aliphatic heterocycles. The van der Waals surface area contributed by atoms with E-state index in [2.05, 4.69) is 27.4 Å². The Bertz CT molecular complexity index is 951. The maximum atomic E-state index is 12.3. The molecule has 4 rings (SSSR count). The molecule has 0 saturated carbocycles. The van der Waals surface area contributed by atoms with Crippen LogP contribution in [-0.4, -0.2) is 28.2 Å². The van der Waals surface area contributed by atoms with Gasteiger partial charge in [0.25, 0.3) is 11.4 Å². The highest BCUT2D eigenvalue weighted by Gasteiger charge is 2.34. The number of aromatic nitrogens is 3. The molecular weight excluding hydrogens is 304 g/mol. The maximum Gasteiger partial charge on any atom is 0.274 e. The Morgan fingerprint density at radius 3 is 2.62 bits per heavy atom. The van der Waals surface area contributed by atoms with Crippen molar-refractivity contribution in [3.63, 3.8) is 0 Å². The molecule has 0 aliphatic carbocycles. The lowest BCUT2D eigenvalue weighted by molar-refractivity contribution is 0.303. The minimum atomic E-state index is -0.140. The first kappa shape index (κ1) is 15.1. The molecule has 1 aliphatic rings. The quantitative estimate of drug-likeness (QED) is 0.757. The number of rotatable bonds is 2. The monoisotopic (exact) mass is 324 g/mol. The Balaban J connectivity index is 1.82. The summed E-state index contributed by atoms with van der Waals surface area (Å²) in [5, 5.41) is 9.13. The molecule has 0 bridgehead atoms. The van der Waals surface area contributed by atoms with Gasteiger partial charge >= 0.3 is 0 Å². The van der Waals surface area contributed by atoms with Gasteiger partial charge in [0.2, 0.25) is 0 Å². The predicted molar refractivity (Wildman–Crippen MR) is 92.1 cm³/mol. The smallest absolute Gasteiger partial charge is 0.274 e. The number of hydrogen-bond acceptors (Lipinski definition) is 5. The molecule has 2 N–H and O–H groups in total. The molecule has 3 heterocycles. The molecule has 0 unspecified atom stereocenters. The lowest BCUT2D eigenvalue weighted by atomic mass is 9.80. The Kier molecular flexibility index (Phi) is 3.49. The highest BCUT2D eigenvalue weighted by atomic mass is 16.5. The molecule has 0 amide bonds. The van der Waals surface area contributed by atoms with Crippen LogP contribution in [0.3, 0.4) is 0 Å². The van der Waals surface area contributed by atoms with Crippen molar-refractivity contribution in [3.05, 3.63) is 46.0 Å². The summed E-state index contributed by atoms with van der Waals surface area (Å²) in [4.78, 5) is 19.9. The summed E-state index contributed by atoms with van der Waals surface area (Å²) >= 11 is 0. The van der Waals surface area contributed by atoms with Crippen molar-refractivity contribution < 1.29 is 4.52 Å². The number of aromatic amines is 1. The SMILES string of the molecule is Cc1c(-c2nc(C3(C)CCNCC3)no2)[nH]c(=O)c2ccccc12. The minimum Gasteiger partial charge on any atom is -0.332 e. The van der Waals surface area contributed by atoms with E-state index in [9.17, 15) is 4.79 Å². The number of benzene rings is 1. The zero-order valence-corrected chi connectivity index (χ0v) is 13.8. The average molecular weight is 324 g/mol. The normalized spacial score (nSPS) is 17.2. The van der Waals surface area contributed by atoms with E-state index in [-0.39, 0.29) is 11.0 Å². The van der Waals surface area contributed by atoms with E-state index in [1.54, 1.807) is 0 Å². The molecule has 124 valence electrons. The van der Waals surface area contributed by atoms with Crippen LogP contribution in [0.2, 0.25) is 0 Å². The van der Waals surface area contributed by atoms with Crippen molar-refractivity contribution in [2.75, 3.05) is 13.1 Å². The molecule has 6 heteroatoms. The van der Waals surface area contributed by atoms with Crippen LogP contribution in [0.4, 0.5) is 0 Å². The second-order valence-corrected chi connectivity index (χ2v) is 6.73. The van der Waals surface area contributed by atoms with E-state index in [4.69, 9.17) is 4.52 Å². The molecule has 0 atom stereocenters. The summed E-state index contributed by atoms with van der Waals surface area (Å²) in [5.41, 5.74) is 1.32. The van der Waals surface area contributed by atoms with Crippen LogP contribution in [0.5, 0.6) is 0 Å². The van der Waals surface area contributed by atoms with Gasteiger partial charge in [-0.3, -0.25) is 4.79 Å². The third-order valence-corrected chi connectivity index (χ3v) is 5.08. The lowest BCUT2D eigenvalue weighted by Crippen LogP contribution is -2.38. The maximum absolute atomic E-state index is 12.3. The molecular formula is C18H20N4O2. The minimum absolute atomic E-state index is 0.0853. The number of nitrogens with one attached hydrogen (secondary N) is 2. The number of H-pyrrole nitrogens is 1. The fourth-order valence-corrected chi connectivity index (χ4v) is 3.40. The van der Waals surface area contributed by atoms with E-state index in [0.29, 0.717) is 22.8 Å². The van der Waals surface area contributed by atoms with Crippen molar-refractivity contribution in [3.8, 4) is 11.6 Å². The van der Waals surface area contributed by atoms with Gasteiger partial charge in [-0.05, 0) is 49.9 Å². The highest BCUT2D eigenvalue weighted by molar-refractivity contribution is 5.88. The molecule has 3 aromatic rings. The number of piperidine rings is 1. The first-order valence-electron chi connectivity index (χ1n) is 8.25. The van der Waals surface area contributed by atoms with E-state index in [1.165, 1.54) is 0 Å². The molecule has 1 aromatic carbocycles. The largest absolute Gasteiger partial charge is 0.332 e. The average Bonchev–Trinajstić information content (AvgIpc) is 3.10. The van der Waals surface area contributed by atoms with Gasteiger partial charge in [-0.15, -0.1) is 0 Å². The van der Waals surface area contributed by atoms with Gasteiger partial charge in [0.1, 0.15) is 5.69 Å². The van der Waals surface area contributed by atoms with Gasteiger partial charge < -0.3 is 14.8 Å². The first-order chi connectivity index (χ1) is 11.6. The predicted octanol–water partition coefficient (Wildman–Crippen LogP) is 2.53. The third kappa shape index (κ3) is 2.34. The molecule has 0 radical (unpaired) electrons. The molecule has 1 saturated heterocycles. The number of nitrogens with zero attached hydrogens (tertiary/aromatic N) is 2. The Morgan fingerprint density at radius 2 is 1.88 bits per heavy atom. The molecule has 24 heavy (non-hydrogen) atoms. The third-order valence-electron chi connectivity index (χ3n) is 5.08. The van der Waals surface area contributed by atoms with Gasteiger partial charge in [-0.2, -0.15) is 4.98 Å². The van der Waals surface area contributed by atoms with Crippen molar-refractivity contribution in [1.82, 2.24) is 20.4 Å². The van der Waals surface area contributed by atoms with Crippen LogP contribution < -0.4 is 10.9 Å². The zero-order chi connectivity index (χ0) is 16.7. The first-order valence-corrected chi connectivity index (χ1v) is 8.25. The number of pyridine rings is 1. The fraction of sp³-hybridized carbons (Fsp3) is 0.389. The van der Waals surface area contributed by atoms with Crippen LogP contribution in [0.15, 0.2) is 33.6 Å². The van der Waals surface area contributed by atoms with Crippen LogP contribution in [0.1, 0.15) is 31.2 Å². The molecule has 2 aromatic heterocycles. The second kappa shape index (κ2) is 5.56. The van der Waals surface area contributed by atoms with E-state index in [0.717, 1.165) is 36.9 Å². The second-order valence-electron chi connectivity index (χ2n) is 6.73. The van der Waals surface area contributed by atoms with Gasteiger partial charge in [0.05, 0.1) is 0 Å². The molecule has 1 fully saturated rings. The number of hydrogen-bond donors (Lipinski definition) is 2. The topological polar surface area (TPSA) is 83.8 Å². The van der Waals surface area contributed by atoms with Gasteiger partial charge in [0.15, 0.2) is 5.82 Å². The van der Waals surface area contributed by atoms with Crippen molar-refractivity contribution in [2.24, 2.45) is 0 Å². The van der Waals surface area contributed by atoms with Crippen LogP contribution in [0, 0.1) is 6.92 Å². The van der Waals surface area contributed by atoms with Crippen LogP contribution in [0.25, 0.3) is 22.4 Å². The van der Waals surface area contributed by atoms with Crippen molar-refractivity contribution >= 4 is 10.8 Å². The summed E-state index contributed by atoms with van der Waals surface area (Å²) in [6.07, 6.45) is 1.94. The summed E-state index contributed by atoms with van der Waals surface area (Å²) in [6, 6.07) is 7.54. The Labute approximate surface area is 139 Å². The van der Waals surface area contributed by atoms with Crippen molar-refractivity contribution in [2.45, 2.75) is 32.1 Å². The van der Waals surface area contributed by atoms with E-state index < -0.39 is 0 Å². The van der Waals surface area contributed by atoms with E-state index >= 15 is 0 Å². The fourth-order valence-electron chi connectivity index (χ4n) is 3.40. The van der Waals surface area contributed by atoms with Crippen LogP contribution in [-0.2, 0) is 5.41 Å². The standard InChI is InChI=1S/C18H20N4O2/c1-11-12-5-3-4-6-13(12)15(23)20-14(11)16-21-17(22-24-16)18(2)7-9-19-10-8-18/h3-6,19H,7-10H2,1-2H3,(H,20,23). The number of fused-ring (bicyclic) bond motifs is 1.